The van der Waals surface area contributed by atoms with Gasteiger partial charge in [0.1, 0.15) is 5.75 Å². The fourth-order valence-electron chi connectivity index (χ4n) is 1.78. The van der Waals surface area contributed by atoms with Crippen LogP contribution in [0, 0.1) is 0 Å². The third-order valence-electron chi connectivity index (χ3n) is 2.92. The molecule has 0 unspecified atom stereocenters. The molecule has 0 spiro atoms. The number of ether oxygens (including phenoxy) is 1. The summed E-state index contributed by atoms with van der Waals surface area (Å²) in [5.41, 5.74) is 4.15. The van der Waals surface area contributed by atoms with E-state index in [9.17, 15) is 4.79 Å². The van der Waals surface area contributed by atoms with Crippen LogP contribution in [0.2, 0.25) is 0 Å². The molecule has 1 heterocycles. The van der Waals surface area contributed by atoms with Crippen molar-refractivity contribution in [2.45, 2.75) is 0 Å². The first-order valence-electron chi connectivity index (χ1n) is 6.51. The van der Waals surface area contributed by atoms with Gasteiger partial charge in [-0.2, -0.15) is 5.10 Å². The third-order valence-corrected chi connectivity index (χ3v) is 2.92. The molecule has 2 N–H and O–H groups in total. The fraction of sp³-hybridized carbons (Fsp3) is 0.200. The number of rotatable bonds is 6. The van der Waals surface area contributed by atoms with E-state index in [1.165, 1.54) is 0 Å². The minimum atomic E-state index is -0.230. The van der Waals surface area contributed by atoms with E-state index >= 15 is 0 Å². The Labute approximate surface area is 123 Å². The summed E-state index contributed by atoms with van der Waals surface area (Å²) in [4.78, 5) is 11.7. The average molecular weight is 286 g/mol. The summed E-state index contributed by atoms with van der Waals surface area (Å²) in [6.45, 7) is 0.116. The van der Waals surface area contributed by atoms with Crippen LogP contribution >= 0.6 is 0 Å². The maximum absolute atomic E-state index is 11.7. The highest BCUT2D eigenvalue weighted by Gasteiger charge is 2.03. The van der Waals surface area contributed by atoms with Crippen LogP contribution in [0.5, 0.6) is 5.75 Å². The van der Waals surface area contributed by atoms with E-state index in [4.69, 9.17) is 4.74 Å². The van der Waals surface area contributed by atoms with Crippen LogP contribution in [-0.2, 0) is 11.8 Å². The smallest absolute Gasteiger partial charge is 0.259 e. The van der Waals surface area contributed by atoms with E-state index in [1.54, 1.807) is 13.3 Å². The Kier molecular flexibility index (Phi) is 4.98. The number of aryl methyl sites for hydroxylation is 1. The maximum atomic E-state index is 11.7. The number of amides is 1. The summed E-state index contributed by atoms with van der Waals surface area (Å²) in [6, 6.07) is 11.2. The molecule has 1 amide bonds. The number of hydrogen-bond donors (Lipinski definition) is 2. The quantitative estimate of drug-likeness (QED) is 0.626. The number of aromatic nitrogens is 1. The van der Waals surface area contributed by atoms with E-state index in [0.29, 0.717) is 5.75 Å². The summed E-state index contributed by atoms with van der Waals surface area (Å²) in [6.07, 6.45) is 3.51. The monoisotopic (exact) mass is 286 g/mol. The molecule has 0 aliphatic heterocycles. The number of carbonyl (C=O) groups is 1. The first-order chi connectivity index (χ1) is 10.2. The van der Waals surface area contributed by atoms with E-state index < -0.39 is 0 Å². The van der Waals surface area contributed by atoms with Crippen molar-refractivity contribution in [3.63, 3.8) is 0 Å². The Morgan fingerprint density at radius 3 is 2.86 bits per heavy atom. The van der Waals surface area contributed by atoms with Gasteiger partial charge in [0.15, 0.2) is 0 Å². The molecule has 0 radical (unpaired) electrons. The van der Waals surface area contributed by atoms with Crippen molar-refractivity contribution in [3.8, 4) is 5.75 Å². The molecule has 6 heteroatoms. The Balaban J connectivity index is 1.82. The summed E-state index contributed by atoms with van der Waals surface area (Å²) in [7, 11) is 3.50. The number of hydrazone groups is 1. The molecule has 1 aromatic carbocycles. The van der Waals surface area contributed by atoms with Gasteiger partial charge in [0.2, 0.25) is 0 Å². The predicted octanol–water partition coefficient (Wildman–Crippen LogP) is 1.60. The maximum Gasteiger partial charge on any atom is 0.259 e. The Hall–Kier alpha value is -2.76. The minimum Gasteiger partial charge on any atom is -0.495 e. The normalized spacial score (nSPS) is 10.6. The van der Waals surface area contributed by atoms with E-state index in [2.05, 4.69) is 15.8 Å². The Morgan fingerprint density at radius 1 is 1.33 bits per heavy atom. The molecule has 0 atom stereocenters. The van der Waals surface area contributed by atoms with Crippen LogP contribution in [0.25, 0.3) is 0 Å². The molecule has 0 aliphatic rings. The number of para-hydroxylation sites is 2. The van der Waals surface area contributed by atoms with Gasteiger partial charge in [-0.25, -0.2) is 5.43 Å². The van der Waals surface area contributed by atoms with Crippen LogP contribution < -0.4 is 15.5 Å². The summed E-state index contributed by atoms with van der Waals surface area (Å²) in [5, 5.41) is 6.92. The second-order valence-corrected chi connectivity index (χ2v) is 4.39. The topological polar surface area (TPSA) is 67.7 Å². The van der Waals surface area contributed by atoms with Crippen LogP contribution in [0.1, 0.15) is 5.69 Å². The number of benzene rings is 1. The highest BCUT2D eigenvalue weighted by atomic mass is 16.5. The van der Waals surface area contributed by atoms with Crippen LogP contribution in [0.15, 0.2) is 47.7 Å². The summed E-state index contributed by atoms with van der Waals surface area (Å²) >= 11 is 0. The number of carbonyl (C=O) groups excluding carboxylic acids is 1. The third kappa shape index (κ3) is 4.10. The van der Waals surface area contributed by atoms with Crippen molar-refractivity contribution in [1.82, 2.24) is 9.99 Å². The lowest BCUT2D eigenvalue weighted by molar-refractivity contribution is -0.119. The SMILES string of the molecule is COc1ccccc1NCC(=O)N/N=C/c1cccn1C. The first kappa shape index (κ1) is 14.6. The molecule has 0 saturated heterocycles. The van der Waals surface area contributed by atoms with E-state index in [0.717, 1.165) is 11.4 Å². The van der Waals surface area contributed by atoms with Crippen molar-refractivity contribution >= 4 is 17.8 Å². The molecule has 0 fully saturated rings. The molecule has 110 valence electrons. The molecular weight excluding hydrogens is 268 g/mol. The van der Waals surface area contributed by atoms with Gasteiger partial charge in [0.25, 0.3) is 5.91 Å². The van der Waals surface area contributed by atoms with Gasteiger partial charge < -0.3 is 14.6 Å². The molecule has 0 aliphatic carbocycles. The Morgan fingerprint density at radius 2 is 2.14 bits per heavy atom. The van der Waals surface area contributed by atoms with Gasteiger partial charge in [-0.1, -0.05) is 12.1 Å². The number of nitrogens with zero attached hydrogens (tertiary/aromatic N) is 2. The lowest BCUT2D eigenvalue weighted by Crippen LogP contribution is -2.26. The molecule has 0 bridgehead atoms. The minimum absolute atomic E-state index is 0.116. The zero-order valence-electron chi connectivity index (χ0n) is 12.0. The van der Waals surface area contributed by atoms with Crippen molar-refractivity contribution in [1.29, 1.82) is 0 Å². The highest BCUT2D eigenvalue weighted by Crippen LogP contribution is 2.22. The highest BCUT2D eigenvalue weighted by molar-refractivity contribution is 5.83. The molecular formula is C15H18N4O2. The zero-order chi connectivity index (χ0) is 15.1. The van der Waals surface area contributed by atoms with E-state index in [-0.39, 0.29) is 12.5 Å². The lowest BCUT2D eigenvalue weighted by atomic mass is 10.3. The van der Waals surface area contributed by atoms with E-state index in [1.807, 2.05) is 54.2 Å². The van der Waals surface area contributed by atoms with Gasteiger partial charge in [0.05, 0.1) is 31.3 Å². The first-order valence-corrected chi connectivity index (χ1v) is 6.51. The molecule has 1 aromatic heterocycles. The van der Waals surface area contributed by atoms with Crippen LogP contribution in [0.3, 0.4) is 0 Å². The van der Waals surface area contributed by atoms with Crippen LogP contribution in [-0.4, -0.2) is 30.3 Å². The van der Waals surface area contributed by atoms with Crippen molar-refractivity contribution in [2.24, 2.45) is 12.1 Å². The standard InChI is InChI=1S/C15H18N4O2/c1-19-9-5-6-12(19)10-17-18-15(20)11-16-13-7-3-4-8-14(13)21-2/h3-10,16H,11H2,1-2H3,(H,18,20)/b17-10+. The molecule has 6 nitrogen and oxygen atoms in total. The number of methoxy groups -OCH3 is 1. The van der Waals surface area contributed by atoms with Gasteiger partial charge in [-0.05, 0) is 24.3 Å². The second kappa shape index (κ2) is 7.14. The zero-order valence-corrected chi connectivity index (χ0v) is 12.0. The summed E-state index contributed by atoms with van der Waals surface area (Å²) < 4.78 is 7.10. The van der Waals surface area contributed by atoms with Crippen LogP contribution in [0.4, 0.5) is 5.69 Å². The van der Waals surface area contributed by atoms with Gasteiger partial charge in [-0.15, -0.1) is 0 Å². The Bertz CT molecular complexity index is 634. The number of anilines is 1. The summed E-state index contributed by atoms with van der Waals surface area (Å²) in [5.74, 6) is 0.462. The van der Waals surface area contributed by atoms with Gasteiger partial charge in [0, 0.05) is 13.2 Å². The number of nitrogens with one attached hydrogen (secondary N) is 2. The lowest BCUT2D eigenvalue weighted by Gasteiger charge is -2.09. The van der Waals surface area contributed by atoms with Gasteiger partial charge in [-0.3, -0.25) is 4.79 Å². The molecule has 21 heavy (non-hydrogen) atoms. The molecule has 2 rings (SSSR count). The molecule has 0 saturated carbocycles. The predicted molar refractivity (Wildman–Crippen MR) is 82.6 cm³/mol. The van der Waals surface area contributed by atoms with Crippen molar-refractivity contribution in [2.75, 3.05) is 19.0 Å². The average Bonchev–Trinajstić information content (AvgIpc) is 2.91. The molecule has 2 aromatic rings. The van der Waals surface area contributed by atoms with Crippen molar-refractivity contribution in [3.05, 3.63) is 48.3 Å². The van der Waals surface area contributed by atoms with Crippen molar-refractivity contribution < 1.29 is 9.53 Å². The largest absolute Gasteiger partial charge is 0.495 e. The number of hydrogen-bond acceptors (Lipinski definition) is 4. The van der Waals surface area contributed by atoms with Gasteiger partial charge >= 0.3 is 0 Å². The second-order valence-electron chi connectivity index (χ2n) is 4.39. The fourth-order valence-corrected chi connectivity index (χ4v) is 1.78.